The minimum Gasteiger partial charge on any atom is -0.489 e. The van der Waals surface area contributed by atoms with Crippen molar-refractivity contribution in [1.82, 2.24) is 0 Å². The zero-order valence-electron chi connectivity index (χ0n) is 12.1. The number of rotatable bonds is 4. The zero-order chi connectivity index (χ0) is 14.7. The standard InChI is InChI=1S/C17H20FNO/c1-11(2)14-6-4-12(3)8-17(14)20-10-13-5-7-16(19)15(18)9-13/h4-9,11H,10,19H2,1-3H3. The Bertz CT molecular complexity index is 608. The Morgan fingerprint density at radius 2 is 1.90 bits per heavy atom. The van der Waals surface area contributed by atoms with Gasteiger partial charge < -0.3 is 10.5 Å². The van der Waals surface area contributed by atoms with E-state index in [0.717, 1.165) is 22.4 Å². The Morgan fingerprint density at radius 3 is 2.55 bits per heavy atom. The number of anilines is 1. The number of benzene rings is 2. The third-order valence-electron chi connectivity index (χ3n) is 3.25. The second-order valence-corrected chi connectivity index (χ2v) is 5.34. The van der Waals surface area contributed by atoms with Crippen molar-refractivity contribution < 1.29 is 9.13 Å². The first-order valence-electron chi connectivity index (χ1n) is 6.74. The van der Waals surface area contributed by atoms with Gasteiger partial charge in [-0.05, 0) is 47.7 Å². The molecule has 0 spiro atoms. The van der Waals surface area contributed by atoms with E-state index in [1.165, 1.54) is 6.07 Å². The Kier molecular flexibility index (Phi) is 4.28. The molecule has 0 aromatic heterocycles. The maximum absolute atomic E-state index is 13.4. The summed E-state index contributed by atoms with van der Waals surface area (Å²) in [6.45, 7) is 6.61. The Hall–Kier alpha value is -2.03. The van der Waals surface area contributed by atoms with Gasteiger partial charge in [0.2, 0.25) is 0 Å². The molecule has 0 amide bonds. The van der Waals surface area contributed by atoms with E-state index in [9.17, 15) is 4.39 Å². The van der Waals surface area contributed by atoms with Crippen LogP contribution < -0.4 is 10.5 Å². The molecule has 2 nitrogen and oxygen atoms in total. The highest BCUT2D eigenvalue weighted by atomic mass is 19.1. The summed E-state index contributed by atoms with van der Waals surface area (Å²) in [5.74, 6) is 0.838. The molecule has 0 fully saturated rings. The number of hydrogen-bond donors (Lipinski definition) is 1. The van der Waals surface area contributed by atoms with E-state index < -0.39 is 5.82 Å². The van der Waals surface area contributed by atoms with Gasteiger partial charge in [0.15, 0.2) is 0 Å². The molecule has 106 valence electrons. The largest absolute Gasteiger partial charge is 0.489 e. The smallest absolute Gasteiger partial charge is 0.146 e. The maximum atomic E-state index is 13.4. The van der Waals surface area contributed by atoms with Gasteiger partial charge in [-0.1, -0.05) is 32.0 Å². The summed E-state index contributed by atoms with van der Waals surface area (Å²) in [7, 11) is 0. The molecular weight excluding hydrogens is 253 g/mol. The fraction of sp³-hybridized carbons (Fsp3) is 0.294. The molecule has 20 heavy (non-hydrogen) atoms. The summed E-state index contributed by atoms with van der Waals surface area (Å²) in [6, 6.07) is 10.9. The Morgan fingerprint density at radius 1 is 1.15 bits per heavy atom. The van der Waals surface area contributed by atoms with Gasteiger partial charge in [0.05, 0.1) is 5.69 Å². The third-order valence-corrected chi connectivity index (χ3v) is 3.25. The Labute approximate surface area is 119 Å². The van der Waals surface area contributed by atoms with Crippen molar-refractivity contribution in [3.8, 4) is 5.75 Å². The van der Waals surface area contributed by atoms with Crippen LogP contribution >= 0.6 is 0 Å². The molecular formula is C17H20FNO. The highest BCUT2D eigenvalue weighted by Crippen LogP contribution is 2.28. The lowest BCUT2D eigenvalue weighted by Crippen LogP contribution is -2.01. The Balaban J connectivity index is 2.17. The summed E-state index contributed by atoms with van der Waals surface area (Å²) < 4.78 is 19.2. The lowest BCUT2D eigenvalue weighted by atomic mass is 10.0. The van der Waals surface area contributed by atoms with Crippen LogP contribution in [0.5, 0.6) is 5.75 Å². The van der Waals surface area contributed by atoms with E-state index in [1.807, 2.05) is 13.0 Å². The monoisotopic (exact) mass is 273 g/mol. The lowest BCUT2D eigenvalue weighted by Gasteiger charge is -2.15. The molecule has 0 unspecified atom stereocenters. The first-order chi connectivity index (χ1) is 9.47. The van der Waals surface area contributed by atoms with Gasteiger partial charge in [0.25, 0.3) is 0 Å². The summed E-state index contributed by atoms with van der Waals surface area (Å²) in [5, 5.41) is 0. The van der Waals surface area contributed by atoms with Crippen molar-refractivity contribution in [2.24, 2.45) is 0 Å². The molecule has 0 heterocycles. The van der Waals surface area contributed by atoms with Crippen molar-refractivity contribution in [2.75, 3.05) is 5.73 Å². The average Bonchev–Trinajstić information content (AvgIpc) is 2.40. The number of hydrogen-bond acceptors (Lipinski definition) is 2. The SMILES string of the molecule is Cc1ccc(C(C)C)c(OCc2ccc(N)c(F)c2)c1. The van der Waals surface area contributed by atoms with Crippen LogP contribution in [0, 0.1) is 12.7 Å². The van der Waals surface area contributed by atoms with Crippen molar-refractivity contribution in [2.45, 2.75) is 33.3 Å². The highest BCUT2D eigenvalue weighted by molar-refractivity contribution is 5.42. The summed E-state index contributed by atoms with van der Waals surface area (Å²) >= 11 is 0. The second kappa shape index (κ2) is 5.95. The molecule has 0 aliphatic heterocycles. The minimum absolute atomic E-state index is 0.159. The molecule has 2 rings (SSSR count). The fourth-order valence-electron chi connectivity index (χ4n) is 2.07. The molecule has 0 saturated carbocycles. The number of halogens is 1. The summed E-state index contributed by atoms with van der Waals surface area (Å²) in [4.78, 5) is 0. The average molecular weight is 273 g/mol. The van der Waals surface area contributed by atoms with Gasteiger partial charge in [-0.3, -0.25) is 0 Å². The van der Waals surface area contributed by atoms with E-state index in [1.54, 1.807) is 12.1 Å². The van der Waals surface area contributed by atoms with Gasteiger partial charge in [-0.15, -0.1) is 0 Å². The topological polar surface area (TPSA) is 35.2 Å². The molecule has 0 aliphatic carbocycles. The van der Waals surface area contributed by atoms with Crippen LogP contribution in [0.1, 0.15) is 36.5 Å². The van der Waals surface area contributed by atoms with Crippen molar-refractivity contribution in [3.63, 3.8) is 0 Å². The number of ether oxygens (including phenoxy) is 1. The quantitative estimate of drug-likeness (QED) is 0.837. The van der Waals surface area contributed by atoms with Gasteiger partial charge in [0, 0.05) is 0 Å². The molecule has 0 atom stereocenters. The predicted octanol–water partition coefficient (Wildman–Crippen LogP) is 4.42. The molecule has 2 N–H and O–H groups in total. The fourth-order valence-corrected chi connectivity index (χ4v) is 2.07. The predicted molar refractivity (Wildman–Crippen MR) is 80.4 cm³/mol. The van der Waals surface area contributed by atoms with Crippen LogP contribution in [0.3, 0.4) is 0 Å². The minimum atomic E-state index is -0.403. The van der Waals surface area contributed by atoms with E-state index in [4.69, 9.17) is 10.5 Å². The number of nitrogen functional groups attached to an aromatic ring is 1. The third kappa shape index (κ3) is 3.29. The van der Waals surface area contributed by atoms with E-state index in [2.05, 4.69) is 26.0 Å². The number of aryl methyl sites for hydroxylation is 1. The molecule has 2 aromatic rings. The van der Waals surface area contributed by atoms with Gasteiger partial charge in [-0.25, -0.2) is 4.39 Å². The van der Waals surface area contributed by atoms with Crippen LogP contribution in [0.25, 0.3) is 0 Å². The molecule has 0 saturated heterocycles. The van der Waals surface area contributed by atoms with Crippen LogP contribution in [0.15, 0.2) is 36.4 Å². The summed E-state index contributed by atoms with van der Waals surface area (Å²) in [5.41, 5.74) is 8.70. The highest BCUT2D eigenvalue weighted by Gasteiger charge is 2.09. The molecule has 2 aromatic carbocycles. The van der Waals surface area contributed by atoms with Crippen LogP contribution in [0.2, 0.25) is 0 Å². The van der Waals surface area contributed by atoms with E-state index in [-0.39, 0.29) is 5.69 Å². The summed E-state index contributed by atoms with van der Waals surface area (Å²) in [6.07, 6.45) is 0. The van der Waals surface area contributed by atoms with Crippen molar-refractivity contribution in [3.05, 3.63) is 58.9 Å². The first kappa shape index (κ1) is 14.4. The zero-order valence-corrected chi connectivity index (χ0v) is 12.1. The molecule has 3 heteroatoms. The molecule has 0 aliphatic rings. The number of nitrogens with two attached hydrogens (primary N) is 1. The second-order valence-electron chi connectivity index (χ2n) is 5.34. The van der Waals surface area contributed by atoms with Gasteiger partial charge in [0.1, 0.15) is 18.2 Å². The van der Waals surface area contributed by atoms with Crippen LogP contribution in [-0.2, 0) is 6.61 Å². The van der Waals surface area contributed by atoms with Crippen LogP contribution in [-0.4, -0.2) is 0 Å². The normalized spacial score (nSPS) is 10.8. The van der Waals surface area contributed by atoms with Crippen molar-refractivity contribution >= 4 is 5.69 Å². The van der Waals surface area contributed by atoms with Crippen molar-refractivity contribution in [1.29, 1.82) is 0 Å². The maximum Gasteiger partial charge on any atom is 0.146 e. The van der Waals surface area contributed by atoms with Gasteiger partial charge in [-0.2, -0.15) is 0 Å². The van der Waals surface area contributed by atoms with Crippen LogP contribution in [0.4, 0.5) is 10.1 Å². The van der Waals surface area contributed by atoms with E-state index in [0.29, 0.717) is 12.5 Å². The lowest BCUT2D eigenvalue weighted by molar-refractivity contribution is 0.301. The molecule has 0 radical (unpaired) electrons. The van der Waals surface area contributed by atoms with E-state index >= 15 is 0 Å². The first-order valence-corrected chi connectivity index (χ1v) is 6.74. The van der Waals surface area contributed by atoms with Gasteiger partial charge >= 0.3 is 0 Å². The molecule has 0 bridgehead atoms.